The zero-order valence-corrected chi connectivity index (χ0v) is 12.6. The summed E-state index contributed by atoms with van der Waals surface area (Å²) in [5, 5.41) is 20.7. The lowest BCUT2D eigenvalue weighted by atomic mass is 10.0. The van der Waals surface area contributed by atoms with Crippen molar-refractivity contribution >= 4 is 17.5 Å². The summed E-state index contributed by atoms with van der Waals surface area (Å²) in [5.41, 5.74) is 1.31. The number of aryl methyl sites for hydroxylation is 1. The second kappa shape index (κ2) is 6.74. The van der Waals surface area contributed by atoms with E-state index >= 15 is 0 Å². The number of nitrogens with zero attached hydrogens (tertiary/aromatic N) is 1. The SMILES string of the molecule is COc1cc(/C=C/C(=O)c2ccccc2C)cc([N+](=O)[O-])c1O. The summed E-state index contributed by atoms with van der Waals surface area (Å²) >= 11 is 0. The molecule has 118 valence electrons. The molecule has 0 aliphatic carbocycles. The average Bonchev–Trinajstić information content (AvgIpc) is 2.53. The first-order valence-corrected chi connectivity index (χ1v) is 6.77. The molecule has 0 saturated heterocycles. The topological polar surface area (TPSA) is 89.7 Å². The molecule has 0 aromatic heterocycles. The molecule has 0 radical (unpaired) electrons. The number of ether oxygens (including phenoxy) is 1. The monoisotopic (exact) mass is 313 g/mol. The summed E-state index contributed by atoms with van der Waals surface area (Å²) in [5.74, 6) is -0.778. The highest BCUT2D eigenvalue weighted by atomic mass is 16.6. The predicted octanol–water partition coefficient (Wildman–Crippen LogP) is 3.51. The Morgan fingerprint density at radius 1 is 1.30 bits per heavy atom. The third kappa shape index (κ3) is 3.55. The van der Waals surface area contributed by atoms with Crippen LogP contribution in [0.4, 0.5) is 5.69 Å². The fourth-order valence-electron chi connectivity index (χ4n) is 2.12. The highest BCUT2D eigenvalue weighted by molar-refractivity contribution is 6.07. The summed E-state index contributed by atoms with van der Waals surface area (Å²) < 4.78 is 4.91. The first-order valence-electron chi connectivity index (χ1n) is 6.77. The van der Waals surface area contributed by atoms with Crippen molar-refractivity contribution < 1.29 is 19.6 Å². The second-order valence-electron chi connectivity index (χ2n) is 4.86. The van der Waals surface area contributed by atoms with Crippen LogP contribution in [-0.2, 0) is 0 Å². The molecule has 0 fully saturated rings. The molecule has 6 nitrogen and oxygen atoms in total. The fourth-order valence-corrected chi connectivity index (χ4v) is 2.12. The van der Waals surface area contributed by atoms with Gasteiger partial charge in [0.05, 0.1) is 12.0 Å². The average molecular weight is 313 g/mol. The van der Waals surface area contributed by atoms with Crippen molar-refractivity contribution in [2.45, 2.75) is 6.92 Å². The number of methoxy groups -OCH3 is 1. The van der Waals surface area contributed by atoms with Gasteiger partial charge < -0.3 is 9.84 Å². The molecular formula is C17H15NO5. The molecule has 0 heterocycles. The van der Waals surface area contributed by atoms with Crippen LogP contribution < -0.4 is 4.74 Å². The van der Waals surface area contributed by atoms with Gasteiger partial charge in [0, 0.05) is 11.6 Å². The van der Waals surface area contributed by atoms with Gasteiger partial charge in [-0.15, -0.1) is 0 Å². The number of ketones is 1. The number of nitro groups is 1. The van der Waals surface area contributed by atoms with Crippen molar-refractivity contribution in [3.63, 3.8) is 0 Å². The van der Waals surface area contributed by atoms with Crippen LogP contribution in [0.5, 0.6) is 11.5 Å². The minimum atomic E-state index is -0.710. The van der Waals surface area contributed by atoms with E-state index in [1.165, 1.54) is 31.4 Å². The van der Waals surface area contributed by atoms with Gasteiger partial charge in [0.2, 0.25) is 5.75 Å². The van der Waals surface area contributed by atoms with Crippen LogP contribution in [0, 0.1) is 17.0 Å². The van der Waals surface area contributed by atoms with Crippen LogP contribution in [0.25, 0.3) is 6.08 Å². The first-order chi connectivity index (χ1) is 10.9. The highest BCUT2D eigenvalue weighted by Crippen LogP contribution is 2.37. The van der Waals surface area contributed by atoms with Crippen molar-refractivity contribution in [2.75, 3.05) is 7.11 Å². The zero-order valence-electron chi connectivity index (χ0n) is 12.6. The van der Waals surface area contributed by atoms with E-state index in [1.54, 1.807) is 12.1 Å². The molecule has 0 spiro atoms. The van der Waals surface area contributed by atoms with E-state index in [0.717, 1.165) is 5.56 Å². The van der Waals surface area contributed by atoms with E-state index in [0.29, 0.717) is 11.1 Å². The number of hydrogen-bond acceptors (Lipinski definition) is 5. The van der Waals surface area contributed by atoms with Crippen LogP contribution >= 0.6 is 0 Å². The maximum Gasteiger partial charge on any atom is 0.315 e. The van der Waals surface area contributed by atoms with Gasteiger partial charge >= 0.3 is 5.69 Å². The number of rotatable bonds is 5. The number of benzene rings is 2. The molecule has 0 aliphatic rings. The van der Waals surface area contributed by atoms with Gasteiger partial charge in [-0.3, -0.25) is 14.9 Å². The molecule has 6 heteroatoms. The number of hydrogen-bond donors (Lipinski definition) is 1. The summed E-state index contributed by atoms with van der Waals surface area (Å²) in [4.78, 5) is 22.4. The molecule has 2 aromatic carbocycles. The lowest BCUT2D eigenvalue weighted by molar-refractivity contribution is -0.386. The molecule has 2 rings (SSSR count). The lowest BCUT2D eigenvalue weighted by Crippen LogP contribution is -1.97. The molecule has 0 atom stereocenters. The minimum Gasteiger partial charge on any atom is -0.500 e. The Kier molecular flexibility index (Phi) is 4.75. The fraction of sp³-hybridized carbons (Fsp3) is 0.118. The maximum absolute atomic E-state index is 12.2. The van der Waals surface area contributed by atoms with Crippen molar-refractivity contribution in [1.82, 2.24) is 0 Å². The lowest BCUT2D eigenvalue weighted by Gasteiger charge is -2.05. The van der Waals surface area contributed by atoms with Gasteiger partial charge in [0.15, 0.2) is 11.5 Å². The number of phenols is 1. The molecule has 1 N–H and O–H groups in total. The molecule has 23 heavy (non-hydrogen) atoms. The number of nitro benzene ring substituents is 1. The van der Waals surface area contributed by atoms with Crippen LogP contribution in [0.15, 0.2) is 42.5 Å². The quantitative estimate of drug-likeness (QED) is 0.395. The Labute approximate surface area is 132 Å². The van der Waals surface area contributed by atoms with Crippen molar-refractivity contribution in [2.24, 2.45) is 0 Å². The Morgan fingerprint density at radius 2 is 2.00 bits per heavy atom. The molecule has 0 bridgehead atoms. The van der Waals surface area contributed by atoms with Crippen LogP contribution in [0.3, 0.4) is 0 Å². The molecular weight excluding hydrogens is 298 g/mol. The number of carbonyl (C=O) groups is 1. The number of carbonyl (C=O) groups excluding carboxylic acids is 1. The van der Waals surface area contributed by atoms with E-state index < -0.39 is 16.4 Å². The minimum absolute atomic E-state index is 0.0257. The number of phenolic OH excluding ortho intramolecular Hbond substituents is 1. The van der Waals surface area contributed by atoms with Crippen LogP contribution in [0.2, 0.25) is 0 Å². The van der Waals surface area contributed by atoms with Gasteiger partial charge in [-0.1, -0.05) is 30.3 Å². The normalized spacial score (nSPS) is 10.7. The molecule has 0 aliphatic heterocycles. The Hall–Kier alpha value is -3.15. The Morgan fingerprint density at radius 3 is 2.61 bits per heavy atom. The molecule has 0 unspecified atom stereocenters. The smallest absolute Gasteiger partial charge is 0.315 e. The first kappa shape index (κ1) is 16.2. The molecule has 2 aromatic rings. The van der Waals surface area contributed by atoms with E-state index in [2.05, 4.69) is 0 Å². The second-order valence-corrected chi connectivity index (χ2v) is 4.86. The van der Waals surface area contributed by atoms with E-state index in [1.807, 2.05) is 19.1 Å². The Bertz CT molecular complexity index is 796. The van der Waals surface area contributed by atoms with Crippen molar-refractivity contribution in [3.05, 3.63) is 69.3 Å². The number of allylic oxidation sites excluding steroid dienone is 1. The Balaban J connectivity index is 2.36. The van der Waals surface area contributed by atoms with Crippen LogP contribution in [-0.4, -0.2) is 22.9 Å². The third-order valence-corrected chi connectivity index (χ3v) is 3.33. The van der Waals surface area contributed by atoms with Gasteiger partial charge in [0.1, 0.15) is 0 Å². The van der Waals surface area contributed by atoms with E-state index in [9.17, 15) is 20.0 Å². The number of aromatic hydroxyl groups is 1. The summed E-state index contributed by atoms with van der Waals surface area (Å²) in [6, 6.07) is 9.74. The van der Waals surface area contributed by atoms with Crippen molar-refractivity contribution in [3.8, 4) is 11.5 Å². The van der Waals surface area contributed by atoms with Gasteiger partial charge in [0.25, 0.3) is 0 Å². The summed E-state index contributed by atoms with van der Waals surface area (Å²) in [7, 11) is 1.30. The molecule has 0 saturated carbocycles. The zero-order chi connectivity index (χ0) is 17.0. The van der Waals surface area contributed by atoms with Crippen LogP contribution in [0.1, 0.15) is 21.5 Å². The van der Waals surface area contributed by atoms with Gasteiger partial charge in [-0.05, 0) is 30.2 Å². The van der Waals surface area contributed by atoms with Crippen molar-refractivity contribution in [1.29, 1.82) is 0 Å². The summed E-state index contributed by atoms with van der Waals surface area (Å²) in [6.45, 7) is 1.83. The van der Waals surface area contributed by atoms with E-state index in [4.69, 9.17) is 4.74 Å². The molecule has 0 amide bonds. The largest absolute Gasteiger partial charge is 0.500 e. The third-order valence-electron chi connectivity index (χ3n) is 3.33. The maximum atomic E-state index is 12.2. The van der Waals surface area contributed by atoms with Gasteiger partial charge in [-0.25, -0.2) is 0 Å². The summed E-state index contributed by atoms with van der Waals surface area (Å²) in [6.07, 6.45) is 2.78. The standard InChI is InChI=1S/C17H15NO5/c1-11-5-3-4-6-13(11)15(19)8-7-12-9-14(18(21)22)17(20)16(10-12)23-2/h3-10,20H,1-2H3/b8-7+. The van der Waals surface area contributed by atoms with E-state index in [-0.39, 0.29) is 11.5 Å². The highest BCUT2D eigenvalue weighted by Gasteiger charge is 2.19. The predicted molar refractivity (Wildman–Crippen MR) is 85.9 cm³/mol. The van der Waals surface area contributed by atoms with Gasteiger partial charge in [-0.2, -0.15) is 0 Å².